The standard InChI is InChI=1S/C27H19F4N3O8/c1-41-27(6-35)23(38)21(36)22(37)26(42-27)34-14-5-12(31)10(29)3-8(14)16-18-17(24(39)33-25(18)40)15-7-2-9(28)11(30)4-13(7)32-19(15)20(16)34/h2-5,21-23,26,32,35-38H,6H2,1H3,(H,33,39,40). The molecule has 0 aliphatic carbocycles. The van der Waals surface area contributed by atoms with Gasteiger partial charge in [-0.3, -0.25) is 14.9 Å². The highest BCUT2D eigenvalue weighted by atomic mass is 19.2. The second kappa shape index (κ2) is 8.70. The van der Waals surface area contributed by atoms with E-state index in [9.17, 15) is 47.6 Å². The summed E-state index contributed by atoms with van der Waals surface area (Å²) in [5.41, 5.74) is -0.936. The number of nitrogens with one attached hydrogen (secondary N) is 2. The van der Waals surface area contributed by atoms with Crippen molar-refractivity contribution in [1.29, 1.82) is 0 Å². The fourth-order valence-electron chi connectivity index (χ4n) is 6.15. The van der Waals surface area contributed by atoms with Gasteiger partial charge in [0.25, 0.3) is 11.8 Å². The van der Waals surface area contributed by atoms with Crippen LogP contribution in [0.1, 0.15) is 26.9 Å². The molecule has 5 aromatic rings. The monoisotopic (exact) mass is 589 g/mol. The smallest absolute Gasteiger partial charge is 0.259 e. The number of halogens is 4. The number of benzene rings is 3. The van der Waals surface area contributed by atoms with Crippen molar-refractivity contribution in [3.05, 3.63) is 58.7 Å². The van der Waals surface area contributed by atoms with Crippen LogP contribution in [0.25, 0.3) is 43.6 Å². The van der Waals surface area contributed by atoms with Gasteiger partial charge >= 0.3 is 0 Å². The molecule has 0 saturated carbocycles. The maximum atomic E-state index is 14.8. The van der Waals surface area contributed by atoms with Gasteiger partial charge in [0.05, 0.1) is 27.7 Å². The Morgan fingerprint density at radius 1 is 0.905 bits per heavy atom. The molecule has 5 unspecified atom stereocenters. The number of ether oxygens (including phenoxy) is 2. The van der Waals surface area contributed by atoms with Crippen LogP contribution < -0.4 is 5.32 Å². The first kappa shape index (κ1) is 26.8. The van der Waals surface area contributed by atoms with Gasteiger partial charge in [0.15, 0.2) is 29.5 Å². The summed E-state index contributed by atoms with van der Waals surface area (Å²) in [5, 5.41) is 44.3. The van der Waals surface area contributed by atoms with E-state index in [4.69, 9.17) is 9.47 Å². The molecule has 6 N–H and O–H groups in total. The average Bonchev–Trinajstić information content (AvgIpc) is 3.57. The average molecular weight is 589 g/mol. The summed E-state index contributed by atoms with van der Waals surface area (Å²) in [6, 6.07) is 3.10. The summed E-state index contributed by atoms with van der Waals surface area (Å²) < 4.78 is 70.2. The number of fused-ring (bicyclic) bond motifs is 10. The predicted molar refractivity (Wildman–Crippen MR) is 135 cm³/mol. The van der Waals surface area contributed by atoms with Crippen LogP contribution in [0.3, 0.4) is 0 Å². The van der Waals surface area contributed by atoms with E-state index in [0.29, 0.717) is 0 Å². The molecule has 7 rings (SSSR count). The van der Waals surface area contributed by atoms with E-state index in [1.807, 2.05) is 0 Å². The number of aromatic amines is 1. The molecule has 3 aromatic carbocycles. The number of aliphatic hydroxyl groups excluding tert-OH is 4. The lowest BCUT2D eigenvalue weighted by Gasteiger charge is -2.47. The number of carbonyl (C=O) groups excluding carboxylic acids is 2. The summed E-state index contributed by atoms with van der Waals surface area (Å²) >= 11 is 0. The largest absolute Gasteiger partial charge is 0.391 e. The second-order valence-corrected chi connectivity index (χ2v) is 10.2. The Labute approximate surface area is 230 Å². The number of amides is 2. The molecular weight excluding hydrogens is 570 g/mol. The molecule has 2 aliphatic rings. The van der Waals surface area contributed by atoms with Crippen LogP contribution in [0, 0.1) is 23.3 Å². The first-order valence-electron chi connectivity index (χ1n) is 12.5. The van der Waals surface area contributed by atoms with Crippen molar-refractivity contribution in [2.24, 2.45) is 0 Å². The van der Waals surface area contributed by atoms with Gasteiger partial charge in [-0.1, -0.05) is 0 Å². The highest BCUT2D eigenvalue weighted by molar-refractivity contribution is 6.39. The van der Waals surface area contributed by atoms with E-state index >= 15 is 0 Å². The minimum absolute atomic E-state index is 0.0109. The minimum Gasteiger partial charge on any atom is -0.391 e. The van der Waals surface area contributed by atoms with E-state index < -0.39 is 72.0 Å². The predicted octanol–water partition coefficient (Wildman–Crippen LogP) is 1.82. The molecule has 0 spiro atoms. The van der Waals surface area contributed by atoms with Crippen LogP contribution >= 0.6 is 0 Å². The number of nitrogens with zero attached hydrogens (tertiary/aromatic N) is 1. The number of H-pyrrole nitrogens is 1. The third-order valence-electron chi connectivity index (χ3n) is 8.11. The van der Waals surface area contributed by atoms with E-state index in [1.165, 1.54) is 0 Å². The first-order chi connectivity index (χ1) is 19.9. The Bertz CT molecular complexity index is 2040. The molecule has 218 valence electrons. The van der Waals surface area contributed by atoms with Crippen LogP contribution in [0.5, 0.6) is 0 Å². The van der Waals surface area contributed by atoms with Crippen LogP contribution in [-0.2, 0) is 9.47 Å². The third kappa shape index (κ3) is 3.20. The molecule has 2 aromatic heterocycles. The van der Waals surface area contributed by atoms with Crippen molar-refractivity contribution in [3.63, 3.8) is 0 Å². The molecule has 2 amide bonds. The number of hydrogen-bond donors (Lipinski definition) is 6. The van der Waals surface area contributed by atoms with Gasteiger partial charge in [0.2, 0.25) is 5.79 Å². The molecule has 1 fully saturated rings. The van der Waals surface area contributed by atoms with Crippen molar-refractivity contribution < 1.29 is 57.1 Å². The molecule has 15 heteroatoms. The molecule has 1 saturated heterocycles. The van der Waals surface area contributed by atoms with Gasteiger partial charge in [0.1, 0.15) is 24.9 Å². The second-order valence-electron chi connectivity index (χ2n) is 10.2. The Kier molecular flexibility index (Phi) is 5.54. The zero-order chi connectivity index (χ0) is 30.0. The van der Waals surface area contributed by atoms with Crippen LogP contribution in [-0.4, -0.2) is 79.6 Å². The number of aromatic nitrogens is 2. The van der Waals surface area contributed by atoms with Gasteiger partial charge in [-0.05, 0) is 12.1 Å². The van der Waals surface area contributed by atoms with E-state index in [-0.39, 0.29) is 54.7 Å². The minimum atomic E-state index is -2.32. The molecule has 5 atom stereocenters. The molecule has 2 aliphatic heterocycles. The number of aliphatic hydroxyl groups is 4. The van der Waals surface area contributed by atoms with Crippen molar-refractivity contribution in [2.45, 2.75) is 30.3 Å². The molecule has 11 nitrogen and oxygen atoms in total. The van der Waals surface area contributed by atoms with Crippen LogP contribution in [0.2, 0.25) is 0 Å². The van der Waals surface area contributed by atoms with Gasteiger partial charge in [-0.2, -0.15) is 0 Å². The molecular formula is C27H19F4N3O8. The van der Waals surface area contributed by atoms with Crippen molar-refractivity contribution >= 4 is 55.4 Å². The van der Waals surface area contributed by atoms with Gasteiger partial charge in [-0.25, -0.2) is 17.6 Å². The quantitative estimate of drug-likeness (QED) is 0.137. The number of hydrogen-bond acceptors (Lipinski definition) is 8. The highest BCUT2D eigenvalue weighted by Gasteiger charge is 2.55. The molecule has 42 heavy (non-hydrogen) atoms. The Balaban J connectivity index is 1.73. The summed E-state index contributed by atoms with van der Waals surface area (Å²) in [4.78, 5) is 29.1. The topological polar surface area (TPSA) is 166 Å². The van der Waals surface area contributed by atoms with Crippen molar-refractivity contribution in [3.8, 4) is 0 Å². The fourth-order valence-corrected chi connectivity index (χ4v) is 6.15. The first-order valence-corrected chi connectivity index (χ1v) is 12.5. The SMILES string of the molecule is COC1(CO)OC(n2c3cc(F)c(F)cc3c3c4c(c5c6cc(F)c(F)cc6[nH]c5c32)C(=O)NC4=O)C(O)C(O)C1O. The lowest BCUT2D eigenvalue weighted by Crippen LogP contribution is -2.65. The van der Waals surface area contributed by atoms with Crippen molar-refractivity contribution in [1.82, 2.24) is 14.9 Å². The number of methoxy groups -OCH3 is 1. The van der Waals surface area contributed by atoms with E-state index in [0.717, 1.165) is 35.9 Å². The summed E-state index contributed by atoms with van der Waals surface area (Å²) in [6.07, 6.45) is -7.82. The number of carbonyl (C=O) groups is 2. The Morgan fingerprint density at radius 2 is 1.50 bits per heavy atom. The zero-order valence-electron chi connectivity index (χ0n) is 21.2. The lowest BCUT2D eigenvalue weighted by atomic mass is 9.94. The zero-order valence-corrected chi connectivity index (χ0v) is 21.2. The Morgan fingerprint density at radius 3 is 2.14 bits per heavy atom. The maximum absolute atomic E-state index is 14.8. The summed E-state index contributed by atoms with van der Waals surface area (Å²) in [6.45, 7) is -1.03. The third-order valence-corrected chi connectivity index (χ3v) is 8.11. The van der Waals surface area contributed by atoms with Gasteiger partial charge in [-0.15, -0.1) is 0 Å². The molecule has 0 bridgehead atoms. The lowest BCUT2D eigenvalue weighted by molar-refractivity contribution is -0.376. The summed E-state index contributed by atoms with van der Waals surface area (Å²) in [7, 11) is 1.05. The normalized spacial score (nSPS) is 26.2. The molecule has 0 radical (unpaired) electrons. The molecule has 4 heterocycles. The van der Waals surface area contributed by atoms with Gasteiger partial charge < -0.3 is 39.5 Å². The van der Waals surface area contributed by atoms with E-state index in [2.05, 4.69) is 10.3 Å². The maximum Gasteiger partial charge on any atom is 0.259 e. The van der Waals surface area contributed by atoms with Crippen molar-refractivity contribution in [2.75, 3.05) is 13.7 Å². The summed E-state index contributed by atoms with van der Waals surface area (Å²) in [5.74, 6) is -9.31. The fraction of sp³-hybridized carbons (Fsp3) is 0.259. The van der Waals surface area contributed by atoms with Gasteiger partial charge in [0, 0.05) is 46.3 Å². The van der Waals surface area contributed by atoms with Crippen LogP contribution in [0.15, 0.2) is 24.3 Å². The number of rotatable bonds is 3. The highest BCUT2D eigenvalue weighted by Crippen LogP contribution is 2.47. The number of imide groups is 1. The van der Waals surface area contributed by atoms with E-state index in [1.54, 1.807) is 0 Å². The Hall–Kier alpha value is -4.12. The van der Waals surface area contributed by atoms with Crippen LogP contribution in [0.4, 0.5) is 17.6 Å².